The minimum absolute atomic E-state index is 0.0926. The summed E-state index contributed by atoms with van der Waals surface area (Å²) in [5.41, 5.74) is 9.39. The molecule has 15 heavy (non-hydrogen) atoms. The Kier molecular flexibility index (Phi) is 3.47. The Morgan fingerprint density at radius 3 is 1.60 bits per heavy atom. The first-order valence-electron chi connectivity index (χ1n) is 3.50. The zero-order valence-electron chi connectivity index (χ0n) is 7.36. The molecule has 80 valence electrons. The molecule has 0 atom stereocenters. The van der Waals surface area contributed by atoms with Crippen molar-refractivity contribution in [1.29, 1.82) is 0 Å². The second-order valence-corrected chi connectivity index (χ2v) is 2.02. The van der Waals surface area contributed by atoms with Gasteiger partial charge in [-0.15, -0.1) is 25.5 Å². The lowest BCUT2D eigenvalue weighted by Gasteiger charge is -1.76. The Hall–Kier alpha value is -2.79. The molecule has 0 bridgehead atoms. The summed E-state index contributed by atoms with van der Waals surface area (Å²) in [7, 11) is 0. The van der Waals surface area contributed by atoms with Crippen molar-refractivity contribution in [1.82, 2.24) is 41.2 Å². The van der Waals surface area contributed by atoms with Crippen molar-refractivity contribution >= 4 is 5.96 Å². The van der Waals surface area contributed by atoms with Gasteiger partial charge in [-0.3, -0.25) is 0 Å². The van der Waals surface area contributed by atoms with Crippen LogP contribution in [-0.4, -0.2) is 47.2 Å². The van der Waals surface area contributed by atoms with Crippen molar-refractivity contribution in [2.24, 2.45) is 22.4 Å². The number of aromatic amines is 2. The van der Waals surface area contributed by atoms with Crippen LogP contribution in [0.25, 0.3) is 11.6 Å². The molecular formula is C3H8N12. The van der Waals surface area contributed by atoms with Gasteiger partial charge in [-0.2, -0.15) is 10.4 Å². The Morgan fingerprint density at radius 1 is 1.00 bits per heavy atom. The summed E-state index contributed by atoms with van der Waals surface area (Å²) in [6, 6.07) is 0. The molecule has 12 heteroatoms. The Labute approximate surface area is 82.3 Å². The van der Waals surface area contributed by atoms with Crippen LogP contribution in [0.1, 0.15) is 0 Å². The fourth-order valence-electron chi connectivity index (χ4n) is 0.513. The monoisotopic (exact) mass is 212 g/mol. The maximum atomic E-state index is 4.69. The van der Waals surface area contributed by atoms with Gasteiger partial charge in [0.05, 0.1) is 0 Å². The van der Waals surface area contributed by atoms with E-state index in [1.54, 1.807) is 0 Å². The first-order valence-corrected chi connectivity index (χ1v) is 3.50. The van der Waals surface area contributed by atoms with Crippen molar-refractivity contribution in [2.45, 2.75) is 0 Å². The molecule has 2 heterocycles. The average Bonchev–Trinajstić information content (AvgIpc) is 2.90. The zero-order chi connectivity index (χ0) is 11.1. The van der Waals surface area contributed by atoms with Gasteiger partial charge in [0.15, 0.2) is 0 Å². The van der Waals surface area contributed by atoms with E-state index >= 15 is 0 Å². The number of hydrogen-bond acceptors (Lipinski definition) is 8. The van der Waals surface area contributed by atoms with Gasteiger partial charge in [-0.05, 0) is 10.4 Å². The summed E-state index contributed by atoms with van der Waals surface area (Å²) < 4.78 is 0. The molecule has 0 radical (unpaired) electrons. The molecule has 2 aromatic heterocycles. The number of guanidine groups is 1. The highest BCUT2D eigenvalue weighted by atomic mass is 15.5. The summed E-state index contributed by atoms with van der Waals surface area (Å²) in [5.74, 6) is 5.07. The first-order chi connectivity index (χ1) is 7.24. The van der Waals surface area contributed by atoms with E-state index < -0.39 is 0 Å². The second kappa shape index (κ2) is 5.05. The smallest absolute Gasteiger partial charge is 0.245 e. The molecule has 0 saturated carbocycles. The third-order valence-electron chi connectivity index (χ3n) is 1.04. The average molecular weight is 212 g/mol. The minimum atomic E-state index is -0.0926. The highest BCUT2D eigenvalue weighted by molar-refractivity contribution is 5.75. The van der Waals surface area contributed by atoms with E-state index in [0.717, 1.165) is 0 Å². The van der Waals surface area contributed by atoms with Crippen LogP contribution >= 0.6 is 0 Å². The van der Waals surface area contributed by atoms with Gasteiger partial charge < -0.3 is 17.3 Å². The molecule has 0 fully saturated rings. The molecule has 2 rings (SSSR count). The number of aromatic nitrogens is 8. The largest absolute Gasteiger partial charge is 0.369 e. The van der Waals surface area contributed by atoms with Gasteiger partial charge in [0.25, 0.3) is 0 Å². The van der Waals surface area contributed by atoms with E-state index in [2.05, 4.69) is 52.2 Å². The lowest BCUT2D eigenvalue weighted by Crippen LogP contribution is -2.23. The molecular weight excluding hydrogens is 204 g/mol. The third-order valence-corrected chi connectivity index (χ3v) is 1.04. The lowest BCUT2D eigenvalue weighted by molar-refractivity contribution is 0.881. The molecule has 0 aliphatic carbocycles. The number of rotatable bonds is 1. The zero-order valence-corrected chi connectivity index (χ0v) is 7.36. The standard InChI is InChI=1S/C2H2N8.CH6N4/c3-1(4-8-7-3)2-5-9-10-6-2;2-1(3)5-4/h(H,3,4,7,8)(H,5,6,9,10);4H2,(H4,2,3,5). The van der Waals surface area contributed by atoms with E-state index in [-0.39, 0.29) is 5.96 Å². The number of nitrogens with zero attached hydrogens (tertiary/aromatic N) is 7. The summed E-state index contributed by atoms with van der Waals surface area (Å²) in [6.45, 7) is 0. The molecule has 2 aromatic rings. The summed E-state index contributed by atoms with van der Waals surface area (Å²) in [5, 5.41) is 28.5. The predicted octanol–water partition coefficient (Wildman–Crippen LogP) is -3.49. The molecule has 0 aromatic carbocycles. The van der Waals surface area contributed by atoms with Crippen molar-refractivity contribution < 1.29 is 0 Å². The van der Waals surface area contributed by atoms with Crippen LogP contribution in [0.15, 0.2) is 5.10 Å². The van der Waals surface area contributed by atoms with Gasteiger partial charge in [-0.25, -0.2) is 0 Å². The van der Waals surface area contributed by atoms with Crippen molar-refractivity contribution in [3.05, 3.63) is 0 Å². The molecule has 12 nitrogen and oxygen atoms in total. The van der Waals surface area contributed by atoms with Crippen molar-refractivity contribution in [3.8, 4) is 11.6 Å². The first kappa shape index (κ1) is 10.3. The van der Waals surface area contributed by atoms with Crippen LogP contribution in [0.2, 0.25) is 0 Å². The fraction of sp³-hybridized carbons (Fsp3) is 0. The summed E-state index contributed by atoms with van der Waals surface area (Å²) in [6.07, 6.45) is 0. The van der Waals surface area contributed by atoms with Crippen LogP contribution in [-0.2, 0) is 0 Å². The highest BCUT2D eigenvalue weighted by Crippen LogP contribution is 1.99. The molecule has 0 aliphatic heterocycles. The van der Waals surface area contributed by atoms with Crippen LogP contribution in [0.3, 0.4) is 0 Å². The quantitative estimate of drug-likeness (QED) is 0.138. The van der Waals surface area contributed by atoms with Gasteiger partial charge in [0, 0.05) is 0 Å². The topological polar surface area (TPSA) is 199 Å². The van der Waals surface area contributed by atoms with Crippen molar-refractivity contribution in [3.63, 3.8) is 0 Å². The van der Waals surface area contributed by atoms with Crippen LogP contribution < -0.4 is 17.3 Å². The van der Waals surface area contributed by atoms with Gasteiger partial charge in [-0.1, -0.05) is 0 Å². The van der Waals surface area contributed by atoms with Gasteiger partial charge in [0.1, 0.15) is 0 Å². The van der Waals surface area contributed by atoms with E-state index in [0.29, 0.717) is 11.6 Å². The van der Waals surface area contributed by atoms with Gasteiger partial charge in [0.2, 0.25) is 17.6 Å². The second-order valence-electron chi connectivity index (χ2n) is 2.02. The summed E-state index contributed by atoms with van der Waals surface area (Å²) in [4.78, 5) is 0. The Bertz CT molecular complexity index is 346. The molecule has 0 saturated heterocycles. The van der Waals surface area contributed by atoms with Crippen molar-refractivity contribution in [2.75, 3.05) is 0 Å². The number of hydrogen-bond donors (Lipinski definition) is 5. The molecule has 8 N–H and O–H groups in total. The number of nitrogens with one attached hydrogen (secondary N) is 2. The number of H-pyrrole nitrogens is 2. The normalized spacial score (nSPS) is 8.80. The van der Waals surface area contributed by atoms with Crippen LogP contribution in [0.4, 0.5) is 0 Å². The molecule has 0 amide bonds. The predicted molar refractivity (Wildman–Crippen MR) is 47.3 cm³/mol. The Balaban J connectivity index is 0.000000195. The molecule has 0 aliphatic rings. The van der Waals surface area contributed by atoms with E-state index in [1.165, 1.54) is 0 Å². The highest BCUT2D eigenvalue weighted by Gasteiger charge is 2.05. The lowest BCUT2D eigenvalue weighted by atomic mass is 10.6. The van der Waals surface area contributed by atoms with Gasteiger partial charge >= 0.3 is 0 Å². The fourth-order valence-corrected chi connectivity index (χ4v) is 0.513. The van der Waals surface area contributed by atoms with E-state index in [4.69, 9.17) is 11.5 Å². The minimum Gasteiger partial charge on any atom is -0.369 e. The van der Waals surface area contributed by atoms with Crippen LogP contribution in [0, 0.1) is 0 Å². The number of tetrazole rings is 2. The Morgan fingerprint density at radius 2 is 1.40 bits per heavy atom. The maximum Gasteiger partial charge on any atom is 0.245 e. The SMILES string of the molecule is NN=C(N)N.n1nc(-c2nn[nH]n2)n[nH]1. The van der Waals surface area contributed by atoms with E-state index in [1.807, 2.05) is 0 Å². The third kappa shape index (κ3) is 3.21. The maximum absolute atomic E-state index is 4.69. The number of hydrazone groups is 1. The number of nitrogens with two attached hydrogens (primary N) is 3. The summed E-state index contributed by atoms with van der Waals surface area (Å²) >= 11 is 0. The molecule has 0 unspecified atom stereocenters. The van der Waals surface area contributed by atoms with E-state index in [9.17, 15) is 0 Å². The van der Waals surface area contributed by atoms with Crippen LogP contribution in [0.5, 0.6) is 0 Å². The molecule has 0 spiro atoms.